The van der Waals surface area contributed by atoms with Gasteiger partial charge in [0.25, 0.3) is 0 Å². The molecule has 1 aromatic rings. The van der Waals surface area contributed by atoms with Crippen LogP contribution in [0.5, 0.6) is 5.75 Å². The standard InChI is InChI=1S/C14H20N2O2/c1-3-10-8-12(15)14(18-2)9-13(10)16-6-4-11(17)5-7-16/h8-9H,3-7,15H2,1-2H3. The number of anilines is 2. The number of hydrogen-bond acceptors (Lipinski definition) is 4. The van der Waals surface area contributed by atoms with E-state index >= 15 is 0 Å². The SMILES string of the molecule is CCc1cc(N)c(OC)cc1N1CCC(=O)CC1. The Kier molecular flexibility index (Phi) is 3.75. The molecule has 1 fully saturated rings. The zero-order valence-electron chi connectivity index (χ0n) is 11.0. The van der Waals surface area contributed by atoms with Crippen molar-refractivity contribution in [1.29, 1.82) is 0 Å². The van der Waals surface area contributed by atoms with Crippen LogP contribution in [0.15, 0.2) is 12.1 Å². The molecule has 2 N–H and O–H groups in total. The van der Waals surface area contributed by atoms with Crippen LogP contribution < -0.4 is 15.4 Å². The number of benzene rings is 1. The fourth-order valence-corrected chi connectivity index (χ4v) is 2.38. The summed E-state index contributed by atoms with van der Waals surface area (Å²) in [4.78, 5) is 13.6. The number of methoxy groups -OCH3 is 1. The molecule has 2 rings (SSSR count). The minimum Gasteiger partial charge on any atom is -0.495 e. The molecule has 1 aliphatic heterocycles. The molecule has 0 spiro atoms. The first-order valence-corrected chi connectivity index (χ1v) is 6.38. The van der Waals surface area contributed by atoms with Crippen LogP contribution in [0.4, 0.5) is 11.4 Å². The Morgan fingerprint density at radius 1 is 1.33 bits per heavy atom. The molecule has 0 aromatic heterocycles. The van der Waals surface area contributed by atoms with Gasteiger partial charge in [-0.3, -0.25) is 4.79 Å². The van der Waals surface area contributed by atoms with Crippen LogP contribution in [0.1, 0.15) is 25.3 Å². The lowest BCUT2D eigenvalue weighted by Gasteiger charge is -2.30. The predicted molar refractivity (Wildman–Crippen MR) is 73.2 cm³/mol. The second kappa shape index (κ2) is 5.29. The van der Waals surface area contributed by atoms with Gasteiger partial charge in [-0.25, -0.2) is 0 Å². The molecule has 0 unspecified atom stereocenters. The van der Waals surface area contributed by atoms with E-state index < -0.39 is 0 Å². The van der Waals surface area contributed by atoms with Gasteiger partial charge in [-0.15, -0.1) is 0 Å². The van der Waals surface area contributed by atoms with Crippen LogP contribution in [0, 0.1) is 0 Å². The monoisotopic (exact) mass is 248 g/mol. The highest BCUT2D eigenvalue weighted by atomic mass is 16.5. The molecule has 1 aliphatic rings. The molecule has 0 aliphatic carbocycles. The number of hydrogen-bond donors (Lipinski definition) is 1. The Morgan fingerprint density at radius 3 is 2.56 bits per heavy atom. The number of nitrogen functional groups attached to an aromatic ring is 1. The quantitative estimate of drug-likeness (QED) is 0.831. The summed E-state index contributed by atoms with van der Waals surface area (Å²) in [6, 6.07) is 3.97. The predicted octanol–water partition coefficient (Wildman–Crippen LogP) is 2.01. The molecular weight excluding hydrogens is 228 g/mol. The molecule has 98 valence electrons. The number of carbonyl (C=O) groups is 1. The van der Waals surface area contributed by atoms with E-state index in [1.165, 1.54) is 5.56 Å². The second-order valence-corrected chi connectivity index (χ2v) is 4.60. The third-order valence-corrected chi connectivity index (χ3v) is 3.47. The van der Waals surface area contributed by atoms with Crippen molar-refractivity contribution < 1.29 is 9.53 Å². The number of ketones is 1. The summed E-state index contributed by atoms with van der Waals surface area (Å²) in [6.07, 6.45) is 2.19. The number of nitrogens with zero attached hydrogens (tertiary/aromatic N) is 1. The first kappa shape index (κ1) is 12.7. The highest BCUT2D eigenvalue weighted by molar-refractivity contribution is 5.81. The van der Waals surface area contributed by atoms with Crippen molar-refractivity contribution in [2.24, 2.45) is 0 Å². The molecule has 0 radical (unpaired) electrons. The molecule has 1 heterocycles. The van der Waals surface area contributed by atoms with Crippen molar-refractivity contribution in [2.75, 3.05) is 30.8 Å². The normalized spacial score (nSPS) is 15.9. The van der Waals surface area contributed by atoms with Gasteiger partial charge >= 0.3 is 0 Å². The fraction of sp³-hybridized carbons (Fsp3) is 0.500. The van der Waals surface area contributed by atoms with Crippen LogP contribution in [-0.2, 0) is 11.2 Å². The van der Waals surface area contributed by atoms with Gasteiger partial charge in [0.1, 0.15) is 11.5 Å². The van der Waals surface area contributed by atoms with Gasteiger partial charge in [0.15, 0.2) is 0 Å². The average molecular weight is 248 g/mol. The number of ether oxygens (including phenoxy) is 1. The maximum absolute atomic E-state index is 11.3. The van der Waals surface area contributed by atoms with Crippen molar-refractivity contribution in [1.82, 2.24) is 0 Å². The number of rotatable bonds is 3. The molecule has 18 heavy (non-hydrogen) atoms. The van der Waals surface area contributed by atoms with Gasteiger partial charge in [0, 0.05) is 37.7 Å². The van der Waals surface area contributed by atoms with Crippen molar-refractivity contribution in [3.8, 4) is 5.75 Å². The van der Waals surface area contributed by atoms with Crippen molar-refractivity contribution in [3.63, 3.8) is 0 Å². The Labute approximate surface area is 108 Å². The zero-order chi connectivity index (χ0) is 13.1. The van der Waals surface area contributed by atoms with Gasteiger partial charge in [-0.1, -0.05) is 6.92 Å². The van der Waals surface area contributed by atoms with E-state index in [1.54, 1.807) is 7.11 Å². The number of Topliss-reactive ketones (excluding diaryl/α,β-unsaturated/α-hetero) is 1. The fourth-order valence-electron chi connectivity index (χ4n) is 2.38. The molecule has 4 heteroatoms. The summed E-state index contributed by atoms with van der Waals surface area (Å²) in [6.45, 7) is 3.69. The lowest BCUT2D eigenvalue weighted by atomic mass is 10.0. The van der Waals surface area contributed by atoms with Gasteiger partial charge < -0.3 is 15.4 Å². The van der Waals surface area contributed by atoms with E-state index in [2.05, 4.69) is 11.8 Å². The average Bonchev–Trinajstić information content (AvgIpc) is 2.39. The Balaban J connectivity index is 2.33. The van der Waals surface area contributed by atoms with Gasteiger partial charge in [-0.05, 0) is 18.1 Å². The molecule has 4 nitrogen and oxygen atoms in total. The highest BCUT2D eigenvalue weighted by Gasteiger charge is 2.19. The minimum atomic E-state index is 0.353. The van der Waals surface area contributed by atoms with Crippen LogP contribution in [0.25, 0.3) is 0 Å². The van der Waals surface area contributed by atoms with Crippen LogP contribution >= 0.6 is 0 Å². The zero-order valence-corrected chi connectivity index (χ0v) is 11.0. The van der Waals surface area contributed by atoms with E-state index in [9.17, 15) is 4.79 Å². The van der Waals surface area contributed by atoms with Gasteiger partial charge in [0.2, 0.25) is 0 Å². The summed E-state index contributed by atoms with van der Waals surface area (Å²) in [7, 11) is 1.63. The lowest BCUT2D eigenvalue weighted by molar-refractivity contribution is -0.119. The first-order chi connectivity index (χ1) is 8.65. The molecule has 0 atom stereocenters. The van der Waals surface area contributed by atoms with Crippen LogP contribution in [0.2, 0.25) is 0 Å². The third kappa shape index (κ3) is 2.42. The van der Waals surface area contributed by atoms with Crippen LogP contribution in [-0.4, -0.2) is 26.0 Å². The third-order valence-electron chi connectivity index (χ3n) is 3.47. The summed E-state index contributed by atoms with van der Waals surface area (Å²) in [5.41, 5.74) is 8.96. The van der Waals surface area contributed by atoms with Crippen molar-refractivity contribution >= 4 is 17.2 Å². The highest BCUT2D eigenvalue weighted by Crippen LogP contribution is 2.33. The Hall–Kier alpha value is -1.71. The maximum Gasteiger partial charge on any atom is 0.143 e. The number of carbonyl (C=O) groups excluding carboxylic acids is 1. The lowest BCUT2D eigenvalue weighted by Crippen LogP contribution is -2.34. The van der Waals surface area contributed by atoms with Gasteiger partial charge in [0.05, 0.1) is 12.8 Å². The van der Waals surface area contributed by atoms with Gasteiger partial charge in [-0.2, -0.15) is 0 Å². The van der Waals surface area contributed by atoms with Crippen LogP contribution in [0.3, 0.4) is 0 Å². The smallest absolute Gasteiger partial charge is 0.143 e. The molecule has 0 amide bonds. The molecule has 1 aromatic carbocycles. The van der Waals surface area contributed by atoms with E-state index in [0.29, 0.717) is 30.1 Å². The number of nitrogens with two attached hydrogens (primary N) is 1. The summed E-state index contributed by atoms with van der Waals surface area (Å²) < 4.78 is 5.28. The van der Waals surface area contributed by atoms with E-state index in [0.717, 1.165) is 25.2 Å². The molecule has 0 saturated carbocycles. The van der Waals surface area contributed by atoms with E-state index in [1.807, 2.05) is 12.1 Å². The Bertz CT molecular complexity index is 447. The maximum atomic E-state index is 11.3. The number of aryl methyl sites for hydroxylation is 1. The minimum absolute atomic E-state index is 0.353. The van der Waals surface area contributed by atoms with Crippen molar-refractivity contribution in [2.45, 2.75) is 26.2 Å². The molecule has 1 saturated heterocycles. The van der Waals surface area contributed by atoms with E-state index in [-0.39, 0.29) is 0 Å². The summed E-state index contributed by atoms with van der Waals surface area (Å²) >= 11 is 0. The first-order valence-electron chi connectivity index (χ1n) is 6.38. The van der Waals surface area contributed by atoms with E-state index in [4.69, 9.17) is 10.5 Å². The molecular formula is C14H20N2O2. The largest absolute Gasteiger partial charge is 0.495 e. The molecule has 0 bridgehead atoms. The second-order valence-electron chi connectivity index (χ2n) is 4.60. The summed E-state index contributed by atoms with van der Waals surface area (Å²) in [5.74, 6) is 1.06. The Morgan fingerprint density at radius 2 is 2.00 bits per heavy atom. The topological polar surface area (TPSA) is 55.6 Å². The van der Waals surface area contributed by atoms with Crippen molar-refractivity contribution in [3.05, 3.63) is 17.7 Å². The summed E-state index contributed by atoms with van der Waals surface area (Å²) in [5, 5.41) is 0. The number of piperidine rings is 1.